The molecule has 1 amide bonds. The van der Waals surface area contributed by atoms with Crippen molar-refractivity contribution in [3.8, 4) is 11.5 Å². The van der Waals surface area contributed by atoms with Crippen molar-refractivity contribution < 1.29 is 23.8 Å². The van der Waals surface area contributed by atoms with Crippen LogP contribution in [0.15, 0.2) is 42.5 Å². The molecule has 2 aromatic rings. The van der Waals surface area contributed by atoms with Gasteiger partial charge in [-0.3, -0.25) is 4.79 Å². The molecular formula is C20H21NO5. The first-order chi connectivity index (χ1) is 12.6. The maximum Gasteiger partial charge on any atom is 0.338 e. The van der Waals surface area contributed by atoms with Gasteiger partial charge < -0.3 is 19.1 Å². The summed E-state index contributed by atoms with van der Waals surface area (Å²) >= 11 is 0. The smallest absolute Gasteiger partial charge is 0.338 e. The van der Waals surface area contributed by atoms with Crippen LogP contribution in [0, 0.1) is 0 Å². The number of hydrogen-bond acceptors (Lipinski definition) is 5. The fraction of sp³-hybridized carbons (Fsp3) is 0.300. The van der Waals surface area contributed by atoms with Gasteiger partial charge >= 0.3 is 5.97 Å². The zero-order chi connectivity index (χ0) is 18.5. The highest BCUT2D eigenvalue weighted by Crippen LogP contribution is 2.26. The van der Waals surface area contributed by atoms with Crippen molar-refractivity contribution in [2.45, 2.75) is 19.4 Å². The Bertz CT molecular complexity index is 818. The highest BCUT2D eigenvalue weighted by Gasteiger charge is 2.22. The summed E-state index contributed by atoms with van der Waals surface area (Å²) in [4.78, 5) is 26.0. The quantitative estimate of drug-likeness (QED) is 0.745. The lowest BCUT2D eigenvalue weighted by molar-refractivity contribution is -0.117. The van der Waals surface area contributed by atoms with Crippen molar-refractivity contribution in [1.29, 1.82) is 0 Å². The predicted molar refractivity (Wildman–Crippen MR) is 96.7 cm³/mol. The number of anilines is 1. The molecule has 0 aromatic heterocycles. The molecule has 0 spiro atoms. The second-order valence-electron chi connectivity index (χ2n) is 5.95. The van der Waals surface area contributed by atoms with E-state index in [-0.39, 0.29) is 12.5 Å². The Labute approximate surface area is 152 Å². The Balaban J connectivity index is 1.72. The molecule has 3 rings (SSSR count). The van der Waals surface area contributed by atoms with E-state index in [4.69, 9.17) is 14.2 Å². The van der Waals surface area contributed by atoms with Crippen molar-refractivity contribution in [2.24, 2.45) is 0 Å². The van der Waals surface area contributed by atoms with Crippen LogP contribution in [0.25, 0.3) is 0 Å². The first-order valence-corrected chi connectivity index (χ1v) is 8.41. The zero-order valence-corrected chi connectivity index (χ0v) is 14.9. The van der Waals surface area contributed by atoms with Gasteiger partial charge in [-0.25, -0.2) is 4.79 Å². The third kappa shape index (κ3) is 3.79. The van der Waals surface area contributed by atoms with Gasteiger partial charge in [-0.1, -0.05) is 6.07 Å². The molecule has 6 heteroatoms. The summed E-state index contributed by atoms with van der Waals surface area (Å²) in [5.74, 6) is 0.904. The van der Waals surface area contributed by atoms with E-state index in [9.17, 15) is 9.59 Å². The topological polar surface area (TPSA) is 65.1 Å². The summed E-state index contributed by atoms with van der Waals surface area (Å²) in [5, 5.41) is 0. The largest absolute Gasteiger partial charge is 0.497 e. The van der Waals surface area contributed by atoms with E-state index in [1.54, 1.807) is 55.5 Å². The lowest BCUT2D eigenvalue weighted by Gasteiger charge is -2.16. The van der Waals surface area contributed by atoms with E-state index in [1.165, 1.54) is 0 Å². The highest BCUT2D eigenvalue weighted by molar-refractivity contribution is 5.97. The van der Waals surface area contributed by atoms with Crippen LogP contribution in [0.1, 0.15) is 28.8 Å². The zero-order valence-electron chi connectivity index (χ0n) is 14.9. The third-order valence-corrected chi connectivity index (χ3v) is 4.31. The van der Waals surface area contributed by atoms with Crippen molar-refractivity contribution in [3.05, 3.63) is 53.6 Å². The van der Waals surface area contributed by atoms with Crippen LogP contribution in [0.4, 0.5) is 5.69 Å². The van der Waals surface area contributed by atoms with E-state index in [0.717, 1.165) is 12.1 Å². The average molecular weight is 355 g/mol. The van der Waals surface area contributed by atoms with Crippen LogP contribution in [0.3, 0.4) is 0 Å². The van der Waals surface area contributed by atoms with E-state index in [1.807, 2.05) is 6.07 Å². The molecule has 0 radical (unpaired) electrons. The van der Waals surface area contributed by atoms with Crippen molar-refractivity contribution in [1.82, 2.24) is 0 Å². The van der Waals surface area contributed by atoms with Gasteiger partial charge in [0.25, 0.3) is 0 Å². The average Bonchev–Trinajstić information content (AvgIpc) is 3.11. The molecule has 0 aliphatic carbocycles. The molecular weight excluding hydrogens is 334 g/mol. The van der Waals surface area contributed by atoms with Gasteiger partial charge in [0.15, 0.2) is 0 Å². The van der Waals surface area contributed by atoms with Gasteiger partial charge in [-0.15, -0.1) is 0 Å². The Morgan fingerprint density at radius 1 is 1.12 bits per heavy atom. The normalized spacial score (nSPS) is 13.6. The van der Waals surface area contributed by atoms with Crippen LogP contribution < -0.4 is 14.4 Å². The minimum Gasteiger partial charge on any atom is -0.497 e. The van der Waals surface area contributed by atoms with Gasteiger partial charge in [0.05, 0.1) is 19.8 Å². The van der Waals surface area contributed by atoms with E-state index < -0.39 is 5.97 Å². The lowest BCUT2D eigenvalue weighted by Crippen LogP contribution is -2.23. The number of methoxy groups -OCH3 is 2. The number of carbonyl (C=O) groups is 2. The number of amides is 1. The van der Waals surface area contributed by atoms with Gasteiger partial charge in [0.2, 0.25) is 5.91 Å². The standard InChI is InChI=1S/C20H21NO5/c1-24-17-8-9-18(25-2)15(12-17)13-26-20(23)14-5-3-6-16(11-14)21-10-4-7-19(21)22/h3,5-6,8-9,11-12H,4,7,10,13H2,1-2H3. The third-order valence-electron chi connectivity index (χ3n) is 4.31. The van der Waals surface area contributed by atoms with Gasteiger partial charge in [0, 0.05) is 24.2 Å². The van der Waals surface area contributed by atoms with Crippen LogP contribution in [0.2, 0.25) is 0 Å². The molecule has 1 heterocycles. The van der Waals surface area contributed by atoms with E-state index >= 15 is 0 Å². The molecule has 0 unspecified atom stereocenters. The molecule has 136 valence electrons. The van der Waals surface area contributed by atoms with E-state index in [2.05, 4.69) is 0 Å². The number of ether oxygens (including phenoxy) is 3. The van der Waals surface area contributed by atoms with Crippen LogP contribution in [-0.2, 0) is 16.1 Å². The number of hydrogen-bond donors (Lipinski definition) is 0. The Kier molecular flexibility index (Phi) is 5.41. The van der Waals surface area contributed by atoms with Gasteiger partial charge in [-0.2, -0.15) is 0 Å². The number of esters is 1. The Morgan fingerprint density at radius 3 is 2.65 bits per heavy atom. The number of benzene rings is 2. The summed E-state index contributed by atoms with van der Waals surface area (Å²) in [6.07, 6.45) is 1.38. The molecule has 2 aromatic carbocycles. The Morgan fingerprint density at radius 2 is 1.96 bits per heavy atom. The predicted octanol–water partition coefficient (Wildman–Crippen LogP) is 3.19. The van der Waals surface area contributed by atoms with Gasteiger partial charge in [-0.05, 0) is 42.8 Å². The number of carbonyl (C=O) groups excluding carboxylic acids is 2. The van der Waals surface area contributed by atoms with E-state index in [0.29, 0.717) is 35.6 Å². The Hall–Kier alpha value is -3.02. The molecule has 0 saturated carbocycles. The molecule has 26 heavy (non-hydrogen) atoms. The highest BCUT2D eigenvalue weighted by atomic mass is 16.5. The maximum atomic E-state index is 12.4. The van der Waals surface area contributed by atoms with Crippen LogP contribution in [0.5, 0.6) is 11.5 Å². The first-order valence-electron chi connectivity index (χ1n) is 8.41. The minimum absolute atomic E-state index is 0.0616. The van der Waals surface area contributed by atoms with Crippen molar-refractivity contribution >= 4 is 17.6 Å². The first kappa shape index (κ1) is 17.8. The second kappa shape index (κ2) is 7.91. The molecule has 1 fully saturated rings. The molecule has 6 nitrogen and oxygen atoms in total. The van der Waals surface area contributed by atoms with Crippen LogP contribution in [-0.4, -0.2) is 32.6 Å². The number of nitrogens with zero attached hydrogens (tertiary/aromatic N) is 1. The monoisotopic (exact) mass is 355 g/mol. The lowest BCUT2D eigenvalue weighted by atomic mass is 10.2. The number of rotatable bonds is 6. The van der Waals surface area contributed by atoms with Gasteiger partial charge in [0.1, 0.15) is 18.1 Å². The summed E-state index contributed by atoms with van der Waals surface area (Å²) in [6.45, 7) is 0.740. The SMILES string of the molecule is COc1ccc(OC)c(COC(=O)c2cccc(N3CCCC3=O)c2)c1. The molecule has 1 aliphatic heterocycles. The summed E-state index contributed by atoms with van der Waals surface area (Å²) in [7, 11) is 3.13. The minimum atomic E-state index is -0.455. The molecule has 0 bridgehead atoms. The maximum absolute atomic E-state index is 12.4. The fourth-order valence-electron chi connectivity index (χ4n) is 2.94. The molecule has 1 aliphatic rings. The molecule has 0 atom stereocenters. The molecule has 1 saturated heterocycles. The summed E-state index contributed by atoms with van der Waals surface area (Å²) in [5.41, 5.74) is 1.84. The van der Waals surface area contributed by atoms with Crippen LogP contribution >= 0.6 is 0 Å². The van der Waals surface area contributed by atoms with Crippen molar-refractivity contribution in [2.75, 3.05) is 25.7 Å². The molecule has 0 N–H and O–H groups in total. The summed E-state index contributed by atoms with van der Waals surface area (Å²) in [6, 6.07) is 12.3. The fourth-order valence-corrected chi connectivity index (χ4v) is 2.94. The van der Waals surface area contributed by atoms with Crippen molar-refractivity contribution in [3.63, 3.8) is 0 Å². The second-order valence-corrected chi connectivity index (χ2v) is 5.95. The summed E-state index contributed by atoms with van der Waals surface area (Å²) < 4.78 is 15.9.